The summed E-state index contributed by atoms with van der Waals surface area (Å²) in [5.74, 6) is -0.366. The zero-order valence-electron chi connectivity index (χ0n) is 8.74. The van der Waals surface area contributed by atoms with Crippen LogP contribution in [0.1, 0.15) is 25.7 Å². The molecule has 0 unspecified atom stereocenters. The standard InChI is InChI=1S/C10H18N2O3/c11-9(14)7-1-3-8(4-2-7)10(15)12-5-6-13/h7-8,13H,1-6H2,(H2,11,14)(H,12,15). The molecule has 0 aromatic carbocycles. The van der Waals surface area contributed by atoms with Crippen molar-refractivity contribution in [3.05, 3.63) is 0 Å². The average molecular weight is 214 g/mol. The molecule has 86 valence electrons. The van der Waals surface area contributed by atoms with Gasteiger partial charge in [0.15, 0.2) is 0 Å². The van der Waals surface area contributed by atoms with Gasteiger partial charge in [-0.1, -0.05) is 0 Å². The Balaban J connectivity index is 2.30. The summed E-state index contributed by atoms with van der Waals surface area (Å²) in [5, 5.41) is 11.2. The Bertz CT molecular complexity index is 235. The van der Waals surface area contributed by atoms with Gasteiger partial charge >= 0.3 is 0 Å². The minimum Gasteiger partial charge on any atom is -0.395 e. The van der Waals surface area contributed by atoms with E-state index in [1.165, 1.54) is 0 Å². The van der Waals surface area contributed by atoms with Crippen molar-refractivity contribution >= 4 is 11.8 Å². The number of primary amides is 1. The van der Waals surface area contributed by atoms with Crippen molar-refractivity contribution in [2.24, 2.45) is 17.6 Å². The second-order valence-electron chi connectivity index (χ2n) is 3.97. The number of nitrogens with one attached hydrogen (secondary N) is 1. The van der Waals surface area contributed by atoms with Crippen LogP contribution in [0, 0.1) is 11.8 Å². The molecule has 1 rings (SSSR count). The Morgan fingerprint density at radius 2 is 1.73 bits per heavy atom. The van der Waals surface area contributed by atoms with E-state index in [1.807, 2.05) is 0 Å². The first-order chi connectivity index (χ1) is 7.15. The molecule has 0 aliphatic heterocycles. The third kappa shape index (κ3) is 3.51. The minimum absolute atomic E-state index is 0.0212. The molecule has 4 N–H and O–H groups in total. The van der Waals surface area contributed by atoms with Crippen LogP contribution in [-0.4, -0.2) is 30.1 Å². The van der Waals surface area contributed by atoms with Crippen molar-refractivity contribution in [2.45, 2.75) is 25.7 Å². The maximum Gasteiger partial charge on any atom is 0.223 e. The lowest BCUT2D eigenvalue weighted by Crippen LogP contribution is -2.36. The number of hydrogen-bond acceptors (Lipinski definition) is 3. The molecule has 5 nitrogen and oxygen atoms in total. The summed E-state index contributed by atoms with van der Waals surface area (Å²) in [6, 6.07) is 0. The van der Waals surface area contributed by atoms with Crippen molar-refractivity contribution in [3.8, 4) is 0 Å². The smallest absolute Gasteiger partial charge is 0.223 e. The molecule has 0 atom stereocenters. The van der Waals surface area contributed by atoms with E-state index in [0.29, 0.717) is 32.2 Å². The average Bonchev–Trinajstić information content (AvgIpc) is 2.26. The Hall–Kier alpha value is -1.10. The van der Waals surface area contributed by atoms with Crippen LogP contribution in [0.15, 0.2) is 0 Å². The van der Waals surface area contributed by atoms with Crippen molar-refractivity contribution in [1.82, 2.24) is 5.32 Å². The number of rotatable bonds is 4. The van der Waals surface area contributed by atoms with Crippen LogP contribution in [0.25, 0.3) is 0 Å². The van der Waals surface area contributed by atoms with Gasteiger partial charge in [0.2, 0.25) is 11.8 Å². The molecule has 0 bridgehead atoms. The van der Waals surface area contributed by atoms with Crippen LogP contribution in [0.3, 0.4) is 0 Å². The van der Waals surface area contributed by atoms with Gasteiger partial charge in [-0.05, 0) is 25.7 Å². The van der Waals surface area contributed by atoms with E-state index in [9.17, 15) is 9.59 Å². The normalized spacial score (nSPS) is 25.9. The predicted octanol–water partition coefficient (Wildman–Crippen LogP) is -0.613. The number of hydrogen-bond donors (Lipinski definition) is 3. The summed E-state index contributed by atoms with van der Waals surface area (Å²) < 4.78 is 0. The molecule has 1 saturated carbocycles. The SMILES string of the molecule is NC(=O)C1CCC(C(=O)NCCO)CC1. The van der Waals surface area contributed by atoms with Gasteiger partial charge in [-0.25, -0.2) is 0 Å². The fourth-order valence-electron chi connectivity index (χ4n) is 1.96. The maximum atomic E-state index is 11.5. The number of amides is 2. The van der Waals surface area contributed by atoms with Gasteiger partial charge in [-0.15, -0.1) is 0 Å². The molecule has 0 aromatic rings. The predicted molar refractivity (Wildman–Crippen MR) is 54.7 cm³/mol. The first-order valence-electron chi connectivity index (χ1n) is 5.33. The summed E-state index contributed by atoms with van der Waals surface area (Å²) >= 11 is 0. The Kier molecular flexibility index (Phi) is 4.55. The lowest BCUT2D eigenvalue weighted by molar-refractivity contribution is -0.129. The quantitative estimate of drug-likeness (QED) is 0.582. The molecule has 1 aliphatic carbocycles. The molecule has 1 fully saturated rings. The van der Waals surface area contributed by atoms with Gasteiger partial charge in [0.1, 0.15) is 0 Å². The third-order valence-corrected chi connectivity index (χ3v) is 2.91. The first-order valence-corrected chi connectivity index (χ1v) is 5.33. The molecular weight excluding hydrogens is 196 g/mol. The van der Waals surface area contributed by atoms with Crippen molar-refractivity contribution in [3.63, 3.8) is 0 Å². The molecule has 0 aromatic heterocycles. The van der Waals surface area contributed by atoms with Gasteiger partial charge in [-0.3, -0.25) is 9.59 Å². The van der Waals surface area contributed by atoms with Crippen LogP contribution in [0.2, 0.25) is 0 Å². The van der Waals surface area contributed by atoms with E-state index >= 15 is 0 Å². The van der Waals surface area contributed by atoms with Gasteiger partial charge in [-0.2, -0.15) is 0 Å². The van der Waals surface area contributed by atoms with E-state index in [2.05, 4.69) is 5.32 Å². The summed E-state index contributed by atoms with van der Waals surface area (Å²) in [7, 11) is 0. The monoisotopic (exact) mass is 214 g/mol. The number of carbonyl (C=O) groups excluding carboxylic acids is 2. The summed E-state index contributed by atoms with van der Waals surface area (Å²) in [5.41, 5.74) is 5.20. The van der Waals surface area contributed by atoms with E-state index in [0.717, 1.165) is 0 Å². The summed E-state index contributed by atoms with van der Waals surface area (Å²) in [6.45, 7) is 0.261. The van der Waals surface area contributed by atoms with E-state index < -0.39 is 0 Å². The van der Waals surface area contributed by atoms with E-state index in [4.69, 9.17) is 10.8 Å². The van der Waals surface area contributed by atoms with Gasteiger partial charge < -0.3 is 16.2 Å². The van der Waals surface area contributed by atoms with Crippen molar-refractivity contribution < 1.29 is 14.7 Å². The number of aliphatic hydroxyl groups excluding tert-OH is 1. The van der Waals surface area contributed by atoms with Crippen LogP contribution in [0.5, 0.6) is 0 Å². The lowest BCUT2D eigenvalue weighted by atomic mass is 9.81. The molecule has 1 aliphatic rings. The second kappa shape index (κ2) is 5.70. The Morgan fingerprint density at radius 3 is 2.20 bits per heavy atom. The molecule has 0 spiro atoms. The largest absolute Gasteiger partial charge is 0.395 e. The lowest BCUT2D eigenvalue weighted by Gasteiger charge is -2.25. The maximum absolute atomic E-state index is 11.5. The van der Waals surface area contributed by atoms with Crippen LogP contribution < -0.4 is 11.1 Å². The van der Waals surface area contributed by atoms with Crippen molar-refractivity contribution in [1.29, 1.82) is 0 Å². The van der Waals surface area contributed by atoms with Gasteiger partial charge in [0.25, 0.3) is 0 Å². The van der Waals surface area contributed by atoms with Crippen molar-refractivity contribution in [2.75, 3.05) is 13.2 Å². The molecule has 0 heterocycles. The van der Waals surface area contributed by atoms with Crippen LogP contribution in [0.4, 0.5) is 0 Å². The van der Waals surface area contributed by atoms with E-state index in [-0.39, 0.29) is 30.3 Å². The first kappa shape index (κ1) is 12.0. The zero-order chi connectivity index (χ0) is 11.3. The Morgan fingerprint density at radius 1 is 1.20 bits per heavy atom. The third-order valence-electron chi connectivity index (χ3n) is 2.91. The topological polar surface area (TPSA) is 92.4 Å². The second-order valence-corrected chi connectivity index (χ2v) is 3.97. The van der Waals surface area contributed by atoms with Crippen LogP contribution >= 0.6 is 0 Å². The molecular formula is C10H18N2O3. The highest BCUT2D eigenvalue weighted by Gasteiger charge is 2.28. The Labute approximate surface area is 89.0 Å². The zero-order valence-corrected chi connectivity index (χ0v) is 8.74. The number of nitrogens with two attached hydrogens (primary N) is 1. The molecule has 15 heavy (non-hydrogen) atoms. The minimum atomic E-state index is -0.260. The highest BCUT2D eigenvalue weighted by Crippen LogP contribution is 2.28. The van der Waals surface area contributed by atoms with E-state index in [1.54, 1.807) is 0 Å². The molecule has 2 amide bonds. The highest BCUT2D eigenvalue weighted by atomic mass is 16.3. The molecule has 0 radical (unpaired) electrons. The fraction of sp³-hybridized carbons (Fsp3) is 0.800. The number of aliphatic hydroxyl groups is 1. The number of carbonyl (C=O) groups is 2. The van der Waals surface area contributed by atoms with Gasteiger partial charge in [0, 0.05) is 18.4 Å². The van der Waals surface area contributed by atoms with Crippen LogP contribution in [-0.2, 0) is 9.59 Å². The van der Waals surface area contributed by atoms with Gasteiger partial charge in [0.05, 0.1) is 6.61 Å². The fourth-order valence-corrected chi connectivity index (χ4v) is 1.96. The molecule has 5 heteroatoms. The summed E-state index contributed by atoms with van der Waals surface area (Å²) in [6.07, 6.45) is 2.83. The molecule has 0 saturated heterocycles. The summed E-state index contributed by atoms with van der Waals surface area (Å²) in [4.78, 5) is 22.4. The highest BCUT2D eigenvalue weighted by molar-refractivity contribution is 5.80.